The molecule has 1 aromatic heterocycles. The fourth-order valence-electron chi connectivity index (χ4n) is 3.14. The number of aromatic nitrogens is 1. The molecule has 1 unspecified atom stereocenters. The van der Waals surface area contributed by atoms with E-state index in [1.807, 2.05) is 24.4 Å². The quantitative estimate of drug-likeness (QED) is 0.897. The van der Waals surface area contributed by atoms with Crippen LogP contribution >= 0.6 is 0 Å². The lowest BCUT2D eigenvalue weighted by atomic mass is 9.99. The van der Waals surface area contributed by atoms with Crippen molar-refractivity contribution in [3.8, 4) is 0 Å². The Morgan fingerprint density at radius 2 is 2.15 bits per heavy atom. The predicted octanol–water partition coefficient (Wildman–Crippen LogP) is 2.04. The molecule has 2 aromatic rings. The molecular formula is C16H21N3O. The van der Waals surface area contributed by atoms with Gasteiger partial charge in [-0.05, 0) is 25.3 Å². The van der Waals surface area contributed by atoms with Gasteiger partial charge >= 0.3 is 0 Å². The standard InChI is InChI=1S/C16H21N3O/c17-9-12-10-18-15-7-2-1-6-14(15)16(12)19-8-4-3-5-13(19)11-20/h1-2,6-7,10,13,20H,3-5,8-9,11,17H2. The highest BCUT2D eigenvalue weighted by Gasteiger charge is 2.25. The van der Waals surface area contributed by atoms with Gasteiger partial charge in [0.2, 0.25) is 0 Å². The first-order valence-corrected chi connectivity index (χ1v) is 7.29. The highest BCUT2D eigenvalue weighted by molar-refractivity contribution is 5.93. The van der Waals surface area contributed by atoms with E-state index >= 15 is 0 Å². The SMILES string of the molecule is NCc1cnc2ccccc2c1N1CCCCC1CO. The van der Waals surface area contributed by atoms with Gasteiger partial charge in [0.05, 0.1) is 23.9 Å². The molecule has 3 rings (SSSR count). The molecule has 1 aliphatic heterocycles. The van der Waals surface area contributed by atoms with Crippen molar-refractivity contribution in [1.82, 2.24) is 4.98 Å². The first kappa shape index (κ1) is 13.3. The molecule has 0 bridgehead atoms. The van der Waals surface area contributed by atoms with Crippen LogP contribution in [0.3, 0.4) is 0 Å². The summed E-state index contributed by atoms with van der Waals surface area (Å²) < 4.78 is 0. The minimum Gasteiger partial charge on any atom is -0.394 e. The van der Waals surface area contributed by atoms with Crippen LogP contribution < -0.4 is 10.6 Å². The van der Waals surface area contributed by atoms with Gasteiger partial charge in [-0.1, -0.05) is 18.2 Å². The lowest BCUT2D eigenvalue weighted by Gasteiger charge is -2.38. The van der Waals surface area contributed by atoms with Crippen molar-refractivity contribution in [2.45, 2.75) is 31.8 Å². The number of para-hydroxylation sites is 1. The molecule has 4 heteroatoms. The van der Waals surface area contributed by atoms with Crippen LogP contribution in [0.5, 0.6) is 0 Å². The second-order valence-corrected chi connectivity index (χ2v) is 5.38. The maximum Gasteiger partial charge on any atom is 0.0723 e. The number of nitrogens with two attached hydrogens (primary N) is 1. The van der Waals surface area contributed by atoms with Gasteiger partial charge in [-0.2, -0.15) is 0 Å². The average molecular weight is 271 g/mol. The third-order valence-electron chi connectivity index (χ3n) is 4.17. The molecule has 1 saturated heterocycles. The van der Waals surface area contributed by atoms with Crippen LogP contribution in [0.1, 0.15) is 24.8 Å². The zero-order valence-electron chi connectivity index (χ0n) is 11.6. The first-order chi connectivity index (χ1) is 9.85. The van der Waals surface area contributed by atoms with Crippen molar-refractivity contribution in [2.24, 2.45) is 5.73 Å². The molecule has 1 fully saturated rings. The molecule has 1 aliphatic rings. The van der Waals surface area contributed by atoms with Crippen LogP contribution in [-0.4, -0.2) is 29.3 Å². The Hall–Kier alpha value is -1.65. The number of aliphatic hydroxyl groups is 1. The summed E-state index contributed by atoms with van der Waals surface area (Å²) in [4.78, 5) is 6.82. The number of pyridine rings is 1. The van der Waals surface area contributed by atoms with Crippen LogP contribution in [0.4, 0.5) is 5.69 Å². The van der Waals surface area contributed by atoms with E-state index in [4.69, 9.17) is 5.73 Å². The summed E-state index contributed by atoms with van der Waals surface area (Å²) in [6, 6.07) is 8.35. The van der Waals surface area contributed by atoms with Gasteiger partial charge in [-0.15, -0.1) is 0 Å². The lowest BCUT2D eigenvalue weighted by molar-refractivity contribution is 0.240. The molecule has 20 heavy (non-hydrogen) atoms. The molecule has 3 N–H and O–H groups in total. The molecule has 4 nitrogen and oxygen atoms in total. The Labute approximate surface area is 119 Å². The molecule has 2 heterocycles. The van der Waals surface area contributed by atoms with E-state index < -0.39 is 0 Å². The number of piperidine rings is 1. The van der Waals surface area contributed by atoms with Crippen molar-refractivity contribution in [2.75, 3.05) is 18.1 Å². The van der Waals surface area contributed by atoms with E-state index in [-0.39, 0.29) is 12.6 Å². The number of hydrogen-bond acceptors (Lipinski definition) is 4. The molecule has 1 atom stereocenters. The van der Waals surface area contributed by atoms with E-state index in [9.17, 15) is 5.11 Å². The molecule has 0 saturated carbocycles. The Balaban J connectivity index is 2.16. The van der Waals surface area contributed by atoms with Crippen LogP contribution in [0, 0.1) is 0 Å². The van der Waals surface area contributed by atoms with E-state index in [2.05, 4.69) is 16.0 Å². The van der Waals surface area contributed by atoms with Gasteiger partial charge in [0, 0.05) is 30.2 Å². The minimum absolute atomic E-state index is 0.194. The highest BCUT2D eigenvalue weighted by atomic mass is 16.3. The van der Waals surface area contributed by atoms with Crippen LogP contribution in [0.25, 0.3) is 10.9 Å². The smallest absolute Gasteiger partial charge is 0.0723 e. The molecule has 0 amide bonds. The zero-order valence-corrected chi connectivity index (χ0v) is 11.6. The predicted molar refractivity (Wildman–Crippen MR) is 81.7 cm³/mol. The summed E-state index contributed by atoms with van der Waals surface area (Å²) in [5.74, 6) is 0. The van der Waals surface area contributed by atoms with Gasteiger partial charge in [-0.3, -0.25) is 4.98 Å². The highest BCUT2D eigenvalue weighted by Crippen LogP contribution is 2.33. The molecular weight excluding hydrogens is 250 g/mol. The number of anilines is 1. The van der Waals surface area contributed by atoms with Gasteiger partial charge < -0.3 is 15.7 Å². The van der Waals surface area contributed by atoms with Gasteiger partial charge in [-0.25, -0.2) is 0 Å². The third kappa shape index (κ3) is 2.25. The average Bonchev–Trinajstić information content (AvgIpc) is 2.53. The number of fused-ring (bicyclic) bond motifs is 1. The van der Waals surface area contributed by atoms with E-state index in [0.717, 1.165) is 41.5 Å². The third-order valence-corrected chi connectivity index (χ3v) is 4.17. The number of benzene rings is 1. The largest absolute Gasteiger partial charge is 0.394 e. The second kappa shape index (κ2) is 5.77. The van der Waals surface area contributed by atoms with Crippen LogP contribution in [0.15, 0.2) is 30.5 Å². The summed E-state index contributed by atoms with van der Waals surface area (Å²) in [6.45, 7) is 1.65. The molecule has 0 radical (unpaired) electrons. The molecule has 1 aromatic carbocycles. The van der Waals surface area contributed by atoms with Crippen molar-refractivity contribution in [3.63, 3.8) is 0 Å². The van der Waals surface area contributed by atoms with E-state index in [1.54, 1.807) is 0 Å². The molecule has 0 spiro atoms. The van der Waals surface area contributed by atoms with Gasteiger partial charge in [0.15, 0.2) is 0 Å². The Bertz CT molecular complexity index is 599. The molecule has 0 aliphatic carbocycles. The first-order valence-electron chi connectivity index (χ1n) is 7.29. The number of nitrogens with zero attached hydrogens (tertiary/aromatic N) is 2. The Morgan fingerprint density at radius 3 is 2.95 bits per heavy atom. The number of rotatable bonds is 3. The Kier molecular flexibility index (Phi) is 3.85. The fraction of sp³-hybridized carbons (Fsp3) is 0.438. The van der Waals surface area contributed by atoms with Gasteiger partial charge in [0.25, 0.3) is 0 Å². The fourth-order valence-corrected chi connectivity index (χ4v) is 3.14. The maximum atomic E-state index is 9.67. The summed E-state index contributed by atoms with van der Waals surface area (Å²) in [5.41, 5.74) is 9.12. The van der Waals surface area contributed by atoms with E-state index in [0.29, 0.717) is 6.54 Å². The van der Waals surface area contributed by atoms with Crippen molar-refractivity contribution >= 4 is 16.6 Å². The second-order valence-electron chi connectivity index (χ2n) is 5.38. The normalized spacial score (nSPS) is 19.5. The van der Waals surface area contributed by atoms with E-state index in [1.165, 1.54) is 6.42 Å². The maximum absolute atomic E-state index is 9.67. The topological polar surface area (TPSA) is 62.4 Å². The lowest BCUT2D eigenvalue weighted by Crippen LogP contribution is -2.42. The van der Waals surface area contributed by atoms with Gasteiger partial charge in [0.1, 0.15) is 0 Å². The number of hydrogen-bond donors (Lipinski definition) is 2. The number of aliphatic hydroxyl groups excluding tert-OH is 1. The van der Waals surface area contributed by atoms with Crippen molar-refractivity contribution in [3.05, 3.63) is 36.0 Å². The minimum atomic E-state index is 0.194. The summed E-state index contributed by atoms with van der Waals surface area (Å²) in [5, 5.41) is 10.8. The monoisotopic (exact) mass is 271 g/mol. The molecule has 106 valence electrons. The summed E-state index contributed by atoms with van der Waals surface area (Å²) >= 11 is 0. The zero-order chi connectivity index (χ0) is 13.9. The Morgan fingerprint density at radius 1 is 1.30 bits per heavy atom. The van der Waals surface area contributed by atoms with Crippen molar-refractivity contribution in [1.29, 1.82) is 0 Å². The van der Waals surface area contributed by atoms with Crippen LogP contribution in [0.2, 0.25) is 0 Å². The summed E-state index contributed by atoms with van der Waals surface area (Å²) in [7, 11) is 0. The van der Waals surface area contributed by atoms with Crippen LogP contribution in [-0.2, 0) is 6.54 Å². The summed E-state index contributed by atoms with van der Waals surface area (Å²) in [6.07, 6.45) is 5.26. The van der Waals surface area contributed by atoms with Crippen molar-refractivity contribution < 1.29 is 5.11 Å².